The molecule has 6 heteroatoms. The summed E-state index contributed by atoms with van der Waals surface area (Å²) >= 11 is 0. The van der Waals surface area contributed by atoms with Gasteiger partial charge in [-0.2, -0.15) is 15.4 Å². The lowest BCUT2D eigenvalue weighted by atomic mass is 10.2. The Morgan fingerprint density at radius 1 is 1.50 bits per heavy atom. The molecule has 0 fully saturated rings. The van der Waals surface area contributed by atoms with Crippen molar-refractivity contribution in [1.82, 2.24) is 15.4 Å². The number of nitrogens with one attached hydrogen (secondary N) is 2. The fraction of sp³-hybridized carbons (Fsp3) is 0.100. The van der Waals surface area contributed by atoms with Crippen molar-refractivity contribution in [3.8, 4) is 0 Å². The monoisotopic (exact) mass is 217 g/mol. The normalized spacial score (nSPS) is 10.1. The van der Waals surface area contributed by atoms with Gasteiger partial charge in [-0.25, -0.2) is 0 Å². The second-order valence-electron chi connectivity index (χ2n) is 3.38. The summed E-state index contributed by atoms with van der Waals surface area (Å²) in [6.45, 7) is 1.90. The molecule has 82 valence electrons. The van der Waals surface area contributed by atoms with Crippen LogP contribution in [0.3, 0.4) is 0 Å². The summed E-state index contributed by atoms with van der Waals surface area (Å²) in [6.07, 6.45) is 1.35. The zero-order chi connectivity index (χ0) is 11.5. The summed E-state index contributed by atoms with van der Waals surface area (Å²) < 4.78 is 0. The molecule has 2 rings (SSSR count). The van der Waals surface area contributed by atoms with Crippen molar-refractivity contribution in [1.29, 1.82) is 0 Å². The molecule has 1 heterocycles. The molecule has 0 aliphatic heterocycles. The lowest BCUT2D eigenvalue weighted by Crippen LogP contribution is -2.12. The van der Waals surface area contributed by atoms with Gasteiger partial charge in [0.05, 0.1) is 6.20 Å². The van der Waals surface area contributed by atoms with Crippen LogP contribution in [0.25, 0.3) is 0 Å². The summed E-state index contributed by atoms with van der Waals surface area (Å²) in [5.74, 6) is -0.322. The van der Waals surface area contributed by atoms with Crippen molar-refractivity contribution in [3.05, 3.63) is 35.7 Å². The zero-order valence-electron chi connectivity index (χ0n) is 8.69. The third kappa shape index (κ3) is 2.00. The number of nitrogens with zero attached hydrogens (tertiary/aromatic N) is 2. The summed E-state index contributed by atoms with van der Waals surface area (Å²) in [5, 5.41) is 12.3. The standard InChI is InChI=1S/C10H11N5O/c1-6-2-3-7(4-8(6)11)13-10(16)9-5-12-15-14-9/h2-5H,11H2,1H3,(H,13,16)(H,12,14,15). The average Bonchev–Trinajstić information content (AvgIpc) is 2.77. The predicted octanol–water partition coefficient (Wildman–Crippen LogP) is 0.948. The molecular formula is C10H11N5O. The Balaban J connectivity index is 2.15. The van der Waals surface area contributed by atoms with Crippen LogP contribution < -0.4 is 11.1 Å². The van der Waals surface area contributed by atoms with Gasteiger partial charge >= 0.3 is 0 Å². The van der Waals surface area contributed by atoms with Gasteiger partial charge in [-0.15, -0.1) is 0 Å². The summed E-state index contributed by atoms with van der Waals surface area (Å²) in [7, 11) is 0. The number of rotatable bonds is 2. The molecule has 2 aromatic rings. The minimum atomic E-state index is -0.322. The highest BCUT2D eigenvalue weighted by Gasteiger charge is 2.08. The maximum atomic E-state index is 11.6. The number of hydrogen-bond acceptors (Lipinski definition) is 4. The number of aromatic amines is 1. The number of benzene rings is 1. The van der Waals surface area contributed by atoms with Crippen LogP contribution in [0.5, 0.6) is 0 Å². The molecular weight excluding hydrogens is 206 g/mol. The van der Waals surface area contributed by atoms with E-state index < -0.39 is 0 Å². The van der Waals surface area contributed by atoms with Crippen molar-refractivity contribution < 1.29 is 4.79 Å². The molecule has 0 aliphatic carbocycles. The van der Waals surface area contributed by atoms with E-state index in [1.165, 1.54) is 6.20 Å². The topological polar surface area (TPSA) is 96.7 Å². The molecule has 0 radical (unpaired) electrons. The quantitative estimate of drug-likeness (QED) is 0.652. The number of nitrogens with two attached hydrogens (primary N) is 1. The van der Waals surface area contributed by atoms with Gasteiger partial charge in [0.2, 0.25) is 0 Å². The Morgan fingerprint density at radius 3 is 2.94 bits per heavy atom. The van der Waals surface area contributed by atoms with E-state index in [2.05, 4.69) is 20.7 Å². The Morgan fingerprint density at radius 2 is 2.31 bits per heavy atom. The lowest BCUT2D eigenvalue weighted by Gasteiger charge is -2.05. The molecule has 0 spiro atoms. The molecule has 6 nitrogen and oxygen atoms in total. The molecule has 4 N–H and O–H groups in total. The second kappa shape index (κ2) is 4.01. The van der Waals surface area contributed by atoms with Gasteiger partial charge in [0.25, 0.3) is 5.91 Å². The zero-order valence-corrected chi connectivity index (χ0v) is 8.69. The van der Waals surface area contributed by atoms with Crippen LogP contribution in [0.2, 0.25) is 0 Å². The van der Waals surface area contributed by atoms with Crippen molar-refractivity contribution in [2.75, 3.05) is 11.1 Å². The van der Waals surface area contributed by atoms with Crippen LogP contribution in [0.15, 0.2) is 24.4 Å². The number of amides is 1. The molecule has 0 atom stereocenters. The van der Waals surface area contributed by atoms with Crippen molar-refractivity contribution in [2.24, 2.45) is 0 Å². The number of carbonyl (C=O) groups excluding carboxylic acids is 1. The first-order valence-corrected chi connectivity index (χ1v) is 4.70. The summed E-state index contributed by atoms with van der Waals surface area (Å²) in [5.41, 5.74) is 8.21. The Labute approximate surface area is 91.9 Å². The minimum absolute atomic E-state index is 0.235. The van der Waals surface area contributed by atoms with Crippen molar-refractivity contribution >= 4 is 17.3 Å². The van der Waals surface area contributed by atoms with Crippen LogP contribution in [-0.2, 0) is 0 Å². The van der Waals surface area contributed by atoms with Gasteiger partial charge in [-0.05, 0) is 24.6 Å². The molecule has 1 aromatic heterocycles. The first kappa shape index (κ1) is 10.2. The van der Waals surface area contributed by atoms with Gasteiger partial charge in [-0.3, -0.25) is 4.79 Å². The average molecular weight is 217 g/mol. The predicted molar refractivity (Wildman–Crippen MR) is 59.9 cm³/mol. The molecule has 0 saturated heterocycles. The van der Waals surface area contributed by atoms with E-state index in [4.69, 9.17) is 5.73 Å². The van der Waals surface area contributed by atoms with Crippen LogP contribution in [0.1, 0.15) is 16.1 Å². The number of aromatic nitrogens is 3. The summed E-state index contributed by atoms with van der Waals surface area (Å²) in [6, 6.07) is 5.32. The van der Waals surface area contributed by atoms with E-state index >= 15 is 0 Å². The van der Waals surface area contributed by atoms with Crippen LogP contribution in [0, 0.1) is 6.92 Å². The largest absolute Gasteiger partial charge is 0.398 e. The number of hydrogen-bond donors (Lipinski definition) is 3. The maximum absolute atomic E-state index is 11.6. The molecule has 0 saturated carbocycles. The minimum Gasteiger partial charge on any atom is -0.398 e. The van der Waals surface area contributed by atoms with Gasteiger partial charge < -0.3 is 11.1 Å². The number of anilines is 2. The molecule has 0 bridgehead atoms. The Bertz CT molecular complexity index is 506. The van der Waals surface area contributed by atoms with Gasteiger partial charge in [0.15, 0.2) is 5.69 Å². The Hall–Kier alpha value is -2.37. The second-order valence-corrected chi connectivity index (χ2v) is 3.38. The fourth-order valence-electron chi connectivity index (χ4n) is 1.22. The first-order valence-electron chi connectivity index (χ1n) is 4.70. The summed E-state index contributed by atoms with van der Waals surface area (Å²) in [4.78, 5) is 11.6. The number of aryl methyl sites for hydroxylation is 1. The number of nitrogen functional groups attached to an aromatic ring is 1. The van der Waals surface area contributed by atoms with Crippen molar-refractivity contribution in [3.63, 3.8) is 0 Å². The highest BCUT2D eigenvalue weighted by Crippen LogP contribution is 2.17. The van der Waals surface area contributed by atoms with E-state index in [9.17, 15) is 4.79 Å². The van der Waals surface area contributed by atoms with Crippen LogP contribution in [0.4, 0.5) is 11.4 Å². The van der Waals surface area contributed by atoms with Crippen LogP contribution in [-0.4, -0.2) is 21.3 Å². The van der Waals surface area contributed by atoms with E-state index in [-0.39, 0.29) is 11.6 Å². The fourth-order valence-corrected chi connectivity index (χ4v) is 1.22. The van der Waals surface area contributed by atoms with E-state index in [1.807, 2.05) is 13.0 Å². The third-order valence-electron chi connectivity index (χ3n) is 2.18. The molecule has 0 unspecified atom stereocenters. The van der Waals surface area contributed by atoms with E-state index in [0.29, 0.717) is 11.4 Å². The lowest BCUT2D eigenvalue weighted by molar-refractivity contribution is 0.102. The van der Waals surface area contributed by atoms with Gasteiger partial charge in [-0.1, -0.05) is 6.07 Å². The van der Waals surface area contributed by atoms with Crippen molar-refractivity contribution in [2.45, 2.75) is 6.92 Å². The SMILES string of the molecule is Cc1ccc(NC(=O)c2cn[nH]n2)cc1N. The third-order valence-corrected chi connectivity index (χ3v) is 2.18. The molecule has 1 aromatic carbocycles. The smallest absolute Gasteiger partial charge is 0.277 e. The van der Waals surface area contributed by atoms with E-state index in [1.54, 1.807) is 12.1 Å². The van der Waals surface area contributed by atoms with Crippen LogP contribution >= 0.6 is 0 Å². The first-order chi connectivity index (χ1) is 7.66. The number of H-pyrrole nitrogens is 1. The van der Waals surface area contributed by atoms with Gasteiger partial charge in [0.1, 0.15) is 0 Å². The number of carbonyl (C=O) groups is 1. The molecule has 0 aliphatic rings. The highest BCUT2D eigenvalue weighted by atomic mass is 16.2. The molecule has 1 amide bonds. The van der Waals surface area contributed by atoms with Gasteiger partial charge in [0, 0.05) is 11.4 Å². The maximum Gasteiger partial charge on any atom is 0.277 e. The highest BCUT2D eigenvalue weighted by molar-refractivity contribution is 6.02. The Kier molecular flexibility index (Phi) is 2.55. The van der Waals surface area contributed by atoms with E-state index in [0.717, 1.165) is 5.56 Å². The molecule has 16 heavy (non-hydrogen) atoms.